The molecule has 13 heavy (non-hydrogen) atoms. The maximum absolute atomic E-state index is 10.6. The Morgan fingerprint density at radius 3 is 1.77 bits per heavy atom. The molecule has 1 aromatic rings. The average Bonchev–Trinajstić information content (AvgIpc) is 1.82. The zero-order valence-electron chi connectivity index (χ0n) is 7.06. The molecule has 1 rings (SSSR count). The molecule has 0 saturated heterocycles. The largest absolute Gasteiger partial charge is 0.399 e. The summed E-state index contributed by atoms with van der Waals surface area (Å²) in [5, 5.41) is 0. The van der Waals surface area contributed by atoms with Crippen molar-refractivity contribution in [3.63, 3.8) is 0 Å². The van der Waals surface area contributed by atoms with Crippen LogP contribution in [0.1, 0.15) is 0 Å². The number of hydrogen-bond acceptors (Lipinski definition) is 4. The van der Waals surface area contributed by atoms with Crippen LogP contribution in [0.5, 0.6) is 0 Å². The third-order valence-electron chi connectivity index (χ3n) is 1.25. The van der Waals surface area contributed by atoms with Gasteiger partial charge in [0.25, 0.3) is 10.1 Å². The molecule has 0 aliphatic carbocycles. The normalized spacial score (nSPS) is 10.5. The summed E-state index contributed by atoms with van der Waals surface area (Å²) in [6, 6.07) is 3.66. The SMILES string of the molecule is Nc1cc(N)cc(S(=O)(=O)O)c1.[Na]. The molecule has 0 atom stereocenters. The van der Waals surface area contributed by atoms with Crippen LogP contribution in [0.15, 0.2) is 23.1 Å². The van der Waals surface area contributed by atoms with Crippen molar-refractivity contribution < 1.29 is 13.0 Å². The van der Waals surface area contributed by atoms with E-state index in [1.807, 2.05) is 0 Å². The second-order valence-corrected chi connectivity index (χ2v) is 3.73. The topological polar surface area (TPSA) is 106 Å². The number of nitrogens with two attached hydrogens (primary N) is 2. The minimum absolute atomic E-state index is 0. The van der Waals surface area contributed by atoms with Crippen molar-refractivity contribution in [3.05, 3.63) is 18.2 Å². The molecule has 0 amide bonds. The van der Waals surface area contributed by atoms with E-state index in [2.05, 4.69) is 0 Å². The van der Waals surface area contributed by atoms with Gasteiger partial charge in [-0.1, -0.05) is 0 Å². The van der Waals surface area contributed by atoms with E-state index in [0.717, 1.165) is 12.1 Å². The predicted octanol–water partition coefficient (Wildman–Crippen LogP) is -0.283. The monoisotopic (exact) mass is 211 g/mol. The third kappa shape index (κ3) is 3.53. The Morgan fingerprint density at radius 2 is 1.46 bits per heavy atom. The molecule has 0 aliphatic rings. The summed E-state index contributed by atoms with van der Waals surface area (Å²) in [6.45, 7) is 0. The fraction of sp³-hybridized carbons (Fsp3) is 0. The van der Waals surface area contributed by atoms with Crippen LogP contribution in [0.4, 0.5) is 11.4 Å². The van der Waals surface area contributed by atoms with Gasteiger partial charge in [0.15, 0.2) is 0 Å². The first kappa shape index (κ1) is 12.7. The number of anilines is 2. The molecule has 5 N–H and O–H groups in total. The quantitative estimate of drug-likeness (QED) is 0.336. The molecule has 0 heterocycles. The van der Waals surface area contributed by atoms with Crippen molar-refractivity contribution in [2.75, 3.05) is 11.5 Å². The Morgan fingerprint density at radius 1 is 1.08 bits per heavy atom. The molecule has 0 saturated carbocycles. The fourth-order valence-electron chi connectivity index (χ4n) is 0.795. The van der Waals surface area contributed by atoms with Gasteiger partial charge in [0.1, 0.15) is 0 Å². The van der Waals surface area contributed by atoms with Gasteiger partial charge in [-0.25, -0.2) is 0 Å². The minimum atomic E-state index is -4.21. The average molecular weight is 211 g/mol. The molecule has 5 nitrogen and oxygen atoms in total. The summed E-state index contributed by atoms with van der Waals surface area (Å²) in [5.41, 5.74) is 11.0. The van der Waals surface area contributed by atoms with Gasteiger partial charge in [0.05, 0.1) is 4.90 Å². The van der Waals surface area contributed by atoms with Crippen molar-refractivity contribution in [1.29, 1.82) is 0 Å². The first-order valence-corrected chi connectivity index (χ1v) is 4.47. The standard InChI is InChI=1S/C6H8N2O3S.Na/c7-4-1-5(8)3-6(2-4)12(9,10)11;/h1-3H,7-8H2,(H,9,10,11);. The number of nitrogen functional groups attached to an aromatic ring is 2. The Hall–Kier alpha value is -0.270. The van der Waals surface area contributed by atoms with E-state index in [9.17, 15) is 8.42 Å². The number of rotatable bonds is 1. The van der Waals surface area contributed by atoms with Crippen LogP contribution in [0.3, 0.4) is 0 Å². The third-order valence-corrected chi connectivity index (χ3v) is 2.08. The summed E-state index contributed by atoms with van der Waals surface area (Å²) in [6.07, 6.45) is 0. The van der Waals surface area contributed by atoms with Crippen LogP contribution in [-0.2, 0) is 10.1 Å². The molecule has 67 valence electrons. The van der Waals surface area contributed by atoms with Crippen LogP contribution in [0.2, 0.25) is 0 Å². The van der Waals surface area contributed by atoms with E-state index in [1.54, 1.807) is 0 Å². The van der Waals surface area contributed by atoms with E-state index in [-0.39, 0.29) is 45.8 Å². The molecule has 0 unspecified atom stereocenters. The van der Waals surface area contributed by atoms with E-state index in [4.69, 9.17) is 16.0 Å². The summed E-state index contributed by atoms with van der Waals surface area (Å²) in [4.78, 5) is -0.292. The van der Waals surface area contributed by atoms with Crippen LogP contribution < -0.4 is 11.5 Å². The van der Waals surface area contributed by atoms with Gasteiger partial charge in [-0.3, -0.25) is 4.55 Å². The van der Waals surface area contributed by atoms with Gasteiger partial charge in [-0.15, -0.1) is 0 Å². The molecular weight excluding hydrogens is 203 g/mol. The Kier molecular flexibility index (Phi) is 4.21. The van der Waals surface area contributed by atoms with Gasteiger partial charge in [0.2, 0.25) is 0 Å². The first-order valence-electron chi connectivity index (χ1n) is 3.03. The van der Waals surface area contributed by atoms with Crippen LogP contribution in [0.25, 0.3) is 0 Å². The molecular formula is C6H8N2NaO3S. The van der Waals surface area contributed by atoms with Crippen molar-refractivity contribution in [2.45, 2.75) is 4.90 Å². The van der Waals surface area contributed by atoms with Crippen molar-refractivity contribution in [1.82, 2.24) is 0 Å². The Balaban J connectivity index is 0.00000144. The zero-order valence-corrected chi connectivity index (χ0v) is 9.88. The number of benzene rings is 1. The second-order valence-electron chi connectivity index (χ2n) is 2.31. The molecule has 0 bridgehead atoms. The Labute approximate surface area is 98.2 Å². The van der Waals surface area contributed by atoms with Crippen LogP contribution in [-0.4, -0.2) is 42.5 Å². The summed E-state index contributed by atoms with van der Waals surface area (Å²) in [5.74, 6) is 0. The fourth-order valence-corrected chi connectivity index (χ4v) is 1.36. The second kappa shape index (κ2) is 4.30. The van der Waals surface area contributed by atoms with Crippen LogP contribution >= 0.6 is 0 Å². The summed E-state index contributed by atoms with van der Waals surface area (Å²) >= 11 is 0. The van der Waals surface area contributed by atoms with Gasteiger partial charge < -0.3 is 11.5 Å². The van der Waals surface area contributed by atoms with Crippen molar-refractivity contribution in [3.8, 4) is 0 Å². The predicted molar refractivity (Wildman–Crippen MR) is 50.8 cm³/mol. The van der Waals surface area contributed by atoms with Gasteiger partial charge in [-0.2, -0.15) is 8.42 Å². The summed E-state index contributed by atoms with van der Waals surface area (Å²) in [7, 11) is -4.21. The molecule has 1 radical (unpaired) electrons. The first-order chi connectivity index (χ1) is 5.39. The molecule has 1 aromatic carbocycles. The van der Waals surface area contributed by atoms with Crippen LogP contribution in [0, 0.1) is 0 Å². The summed E-state index contributed by atoms with van der Waals surface area (Å²) < 4.78 is 29.8. The smallest absolute Gasteiger partial charge is 0.294 e. The van der Waals surface area contributed by atoms with E-state index in [1.165, 1.54) is 6.07 Å². The van der Waals surface area contributed by atoms with Crippen molar-refractivity contribution in [2.24, 2.45) is 0 Å². The molecule has 0 aliphatic heterocycles. The van der Waals surface area contributed by atoms with Gasteiger partial charge in [-0.05, 0) is 18.2 Å². The van der Waals surface area contributed by atoms with Crippen molar-refractivity contribution >= 4 is 51.1 Å². The minimum Gasteiger partial charge on any atom is -0.399 e. The zero-order chi connectivity index (χ0) is 9.35. The maximum Gasteiger partial charge on any atom is 0.294 e. The van der Waals surface area contributed by atoms with E-state index in [0.29, 0.717) is 0 Å². The maximum atomic E-state index is 10.6. The van der Waals surface area contributed by atoms with Gasteiger partial charge in [0, 0.05) is 40.9 Å². The molecule has 0 aromatic heterocycles. The molecule has 0 fully saturated rings. The van der Waals surface area contributed by atoms with E-state index >= 15 is 0 Å². The Bertz CT molecular complexity index is 384. The molecule has 0 spiro atoms. The van der Waals surface area contributed by atoms with Gasteiger partial charge >= 0.3 is 0 Å². The van der Waals surface area contributed by atoms with E-state index < -0.39 is 10.1 Å². The number of hydrogen-bond donors (Lipinski definition) is 3. The molecule has 7 heteroatoms.